The molecule has 1 heterocycles. The number of benzene rings is 1. The van der Waals surface area contributed by atoms with Gasteiger partial charge >= 0.3 is 0 Å². The molecule has 17 heavy (non-hydrogen) atoms. The summed E-state index contributed by atoms with van der Waals surface area (Å²) in [6.07, 6.45) is 0. The van der Waals surface area contributed by atoms with Crippen LogP contribution in [0.15, 0.2) is 22.7 Å². The third-order valence-electron chi connectivity index (χ3n) is 2.57. The van der Waals surface area contributed by atoms with Gasteiger partial charge in [0.15, 0.2) is 0 Å². The van der Waals surface area contributed by atoms with Gasteiger partial charge in [-0.3, -0.25) is 0 Å². The molecule has 0 unspecified atom stereocenters. The highest BCUT2D eigenvalue weighted by molar-refractivity contribution is 5.45. The molecule has 5 heteroatoms. The van der Waals surface area contributed by atoms with Crippen molar-refractivity contribution in [1.29, 1.82) is 0 Å². The summed E-state index contributed by atoms with van der Waals surface area (Å²) in [6.45, 7) is 4.00. The number of halogens is 2. The van der Waals surface area contributed by atoms with Crippen LogP contribution < -0.4 is 5.32 Å². The highest BCUT2D eigenvalue weighted by Gasteiger charge is 2.09. The maximum Gasteiger partial charge on any atom is 0.149 e. The fraction of sp³-hybridized carbons (Fsp3) is 0.250. The van der Waals surface area contributed by atoms with E-state index in [-0.39, 0.29) is 5.69 Å². The minimum Gasteiger partial charge on any atom is -0.378 e. The summed E-state index contributed by atoms with van der Waals surface area (Å²) in [5, 5.41) is 6.68. The number of anilines is 1. The van der Waals surface area contributed by atoms with Gasteiger partial charge in [0.1, 0.15) is 17.4 Å². The van der Waals surface area contributed by atoms with E-state index in [4.69, 9.17) is 4.52 Å². The van der Waals surface area contributed by atoms with Gasteiger partial charge in [-0.15, -0.1) is 0 Å². The molecule has 0 amide bonds. The Hall–Kier alpha value is -1.91. The maximum atomic E-state index is 13.3. The summed E-state index contributed by atoms with van der Waals surface area (Å²) >= 11 is 0. The first kappa shape index (κ1) is 11.6. The van der Waals surface area contributed by atoms with Crippen LogP contribution in [0.25, 0.3) is 0 Å². The average molecular weight is 238 g/mol. The predicted octanol–water partition coefficient (Wildman–Crippen LogP) is 3.18. The summed E-state index contributed by atoms with van der Waals surface area (Å²) in [6, 6.07) is 3.41. The molecule has 0 spiro atoms. The Morgan fingerprint density at radius 2 is 2.06 bits per heavy atom. The molecule has 1 N–H and O–H groups in total. The molecular weight excluding hydrogens is 226 g/mol. The Balaban J connectivity index is 2.13. The molecule has 2 aromatic rings. The lowest BCUT2D eigenvalue weighted by Crippen LogP contribution is -2.03. The molecule has 0 aliphatic heterocycles. The number of aromatic nitrogens is 1. The van der Waals surface area contributed by atoms with Gasteiger partial charge in [0, 0.05) is 18.2 Å². The third kappa shape index (κ3) is 2.43. The zero-order valence-electron chi connectivity index (χ0n) is 9.55. The van der Waals surface area contributed by atoms with Crippen molar-refractivity contribution in [1.82, 2.24) is 5.16 Å². The zero-order chi connectivity index (χ0) is 12.4. The van der Waals surface area contributed by atoms with Crippen LogP contribution in [0.4, 0.5) is 14.5 Å². The molecule has 0 aliphatic rings. The van der Waals surface area contributed by atoms with E-state index >= 15 is 0 Å². The van der Waals surface area contributed by atoms with Crippen molar-refractivity contribution in [3.8, 4) is 0 Å². The van der Waals surface area contributed by atoms with Gasteiger partial charge in [0.25, 0.3) is 0 Å². The number of nitrogens with one attached hydrogen (secondary N) is 1. The molecule has 1 aromatic heterocycles. The van der Waals surface area contributed by atoms with Crippen LogP contribution >= 0.6 is 0 Å². The molecule has 0 saturated heterocycles. The monoisotopic (exact) mass is 238 g/mol. The molecule has 0 atom stereocenters. The fourth-order valence-corrected chi connectivity index (χ4v) is 1.57. The van der Waals surface area contributed by atoms with Gasteiger partial charge in [-0.05, 0) is 26.0 Å². The van der Waals surface area contributed by atoms with Gasteiger partial charge < -0.3 is 9.84 Å². The summed E-state index contributed by atoms with van der Waals surface area (Å²) in [7, 11) is 0. The van der Waals surface area contributed by atoms with E-state index in [1.54, 1.807) is 6.92 Å². The standard InChI is InChI=1S/C12H12F2N2O/c1-7-10(8(2)17-16-7)6-15-12-4-3-9(13)5-11(12)14/h3-5,15H,6H2,1-2H3. The highest BCUT2D eigenvalue weighted by atomic mass is 19.1. The Bertz CT molecular complexity index is 518. The summed E-state index contributed by atoms with van der Waals surface area (Å²) in [5.74, 6) is -0.514. The van der Waals surface area contributed by atoms with Crippen LogP contribution in [0, 0.1) is 25.5 Å². The van der Waals surface area contributed by atoms with Crippen LogP contribution in [0.2, 0.25) is 0 Å². The van der Waals surface area contributed by atoms with Gasteiger partial charge in [0.05, 0.1) is 11.4 Å². The SMILES string of the molecule is Cc1noc(C)c1CNc1ccc(F)cc1F. The Labute approximate surface area is 97.4 Å². The van der Waals surface area contributed by atoms with E-state index < -0.39 is 11.6 Å². The largest absolute Gasteiger partial charge is 0.378 e. The van der Waals surface area contributed by atoms with Crippen LogP contribution in [-0.2, 0) is 6.54 Å². The molecule has 2 rings (SSSR count). The lowest BCUT2D eigenvalue weighted by atomic mass is 10.2. The second kappa shape index (κ2) is 4.53. The van der Waals surface area contributed by atoms with E-state index in [9.17, 15) is 8.78 Å². The van der Waals surface area contributed by atoms with Crippen molar-refractivity contribution in [3.05, 3.63) is 46.9 Å². The van der Waals surface area contributed by atoms with E-state index in [0.29, 0.717) is 12.3 Å². The average Bonchev–Trinajstić information content (AvgIpc) is 2.58. The van der Waals surface area contributed by atoms with Gasteiger partial charge in [-0.2, -0.15) is 0 Å². The number of hydrogen-bond donors (Lipinski definition) is 1. The smallest absolute Gasteiger partial charge is 0.149 e. The number of nitrogens with zero attached hydrogens (tertiary/aromatic N) is 1. The molecule has 0 fully saturated rings. The van der Waals surface area contributed by atoms with Crippen LogP contribution in [0.1, 0.15) is 17.0 Å². The van der Waals surface area contributed by atoms with Gasteiger partial charge in [0.2, 0.25) is 0 Å². The summed E-state index contributed by atoms with van der Waals surface area (Å²) in [5.41, 5.74) is 1.90. The molecule has 90 valence electrons. The Morgan fingerprint density at radius 3 is 2.65 bits per heavy atom. The number of hydrogen-bond acceptors (Lipinski definition) is 3. The maximum absolute atomic E-state index is 13.3. The Morgan fingerprint density at radius 1 is 1.29 bits per heavy atom. The van der Waals surface area contributed by atoms with E-state index in [2.05, 4.69) is 10.5 Å². The normalized spacial score (nSPS) is 10.6. The van der Waals surface area contributed by atoms with E-state index in [1.165, 1.54) is 12.1 Å². The molecule has 0 aliphatic carbocycles. The van der Waals surface area contributed by atoms with E-state index in [0.717, 1.165) is 17.3 Å². The van der Waals surface area contributed by atoms with Crippen molar-refractivity contribution in [2.24, 2.45) is 0 Å². The molecule has 3 nitrogen and oxygen atoms in total. The first-order chi connectivity index (χ1) is 8.08. The summed E-state index contributed by atoms with van der Waals surface area (Å²) < 4.78 is 31.0. The first-order valence-corrected chi connectivity index (χ1v) is 5.18. The number of rotatable bonds is 3. The van der Waals surface area contributed by atoms with Crippen LogP contribution in [0.3, 0.4) is 0 Å². The Kier molecular flexibility index (Phi) is 3.08. The second-order valence-corrected chi connectivity index (χ2v) is 3.78. The first-order valence-electron chi connectivity index (χ1n) is 5.18. The van der Waals surface area contributed by atoms with Crippen molar-refractivity contribution in [3.63, 3.8) is 0 Å². The van der Waals surface area contributed by atoms with Crippen molar-refractivity contribution in [2.75, 3.05) is 5.32 Å². The topological polar surface area (TPSA) is 38.1 Å². The zero-order valence-corrected chi connectivity index (χ0v) is 9.55. The molecule has 1 aromatic carbocycles. The molecule has 0 radical (unpaired) electrons. The fourth-order valence-electron chi connectivity index (χ4n) is 1.57. The van der Waals surface area contributed by atoms with Crippen molar-refractivity contribution in [2.45, 2.75) is 20.4 Å². The lowest BCUT2D eigenvalue weighted by Gasteiger charge is -2.07. The summed E-state index contributed by atoms with van der Waals surface area (Å²) in [4.78, 5) is 0. The van der Waals surface area contributed by atoms with Crippen LogP contribution in [-0.4, -0.2) is 5.16 Å². The van der Waals surface area contributed by atoms with Crippen molar-refractivity contribution >= 4 is 5.69 Å². The molecular formula is C12H12F2N2O. The van der Waals surface area contributed by atoms with Crippen molar-refractivity contribution < 1.29 is 13.3 Å². The second-order valence-electron chi connectivity index (χ2n) is 3.78. The lowest BCUT2D eigenvalue weighted by molar-refractivity contribution is 0.392. The van der Waals surface area contributed by atoms with Gasteiger partial charge in [-0.25, -0.2) is 8.78 Å². The predicted molar refractivity (Wildman–Crippen MR) is 59.7 cm³/mol. The quantitative estimate of drug-likeness (QED) is 0.892. The minimum atomic E-state index is -0.614. The highest BCUT2D eigenvalue weighted by Crippen LogP contribution is 2.18. The van der Waals surface area contributed by atoms with E-state index in [1.807, 2.05) is 6.92 Å². The molecule has 0 saturated carbocycles. The minimum absolute atomic E-state index is 0.256. The molecule has 0 bridgehead atoms. The third-order valence-corrected chi connectivity index (χ3v) is 2.57. The van der Waals surface area contributed by atoms with Crippen LogP contribution in [0.5, 0.6) is 0 Å². The number of aryl methyl sites for hydroxylation is 2. The van der Waals surface area contributed by atoms with Gasteiger partial charge in [-0.1, -0.05) is 5.16 Å².